The second kappa shape index (κ2) is 5.23. The molecule has 0 saturated carbocycles. The Balaban J connectivity index is 2.36. The number of fused-ring (bicyclic) bond motifs is 1. The van der Waals surface area contributed by atoms with Gasteiger partial charge in [0.2, 0.25) is 6.10 Å². The molecule has 0 aromatic heterocycles. The van der Waals surface area contributed by atoms with E-state index in [1.165, 1.54) is 12.1 Å². The van der Waals surface area contributed by atoms with Crippen LogP contribution in [-0.2, 0) is 9.53 Å². The number of halogens is 1. The van der Waals surface area contributed by atoms with Crippen LogP contribution in [0.25, 0.3) is 0 Å². The van der Waals surface area contributed by atoms with Gasteiger partial charge in [-0.15, -0.1) is 0 Å². The third kappa shape index (κ3) is 3.42. The molecule has 0 bridgehead atoms. The van der Waals surface area contributed by atoms with Crippen molar-refractivity contribution < 1.29 is 28.6 Å². The van der Waals surface area contributed by atoms with E-state index in [2.05, 4.69) is 0 Å². The smallest absolute Gasteiger partial charge is 0.415 e. The Morgan fingerprint density at radius 2 is 2.10 bits per heavy atom. The van der Waals surface area contributed by atoms with E-state index in [4.69, 9.17) is 14.6 Å². The van der Waals surface area contributed by atoms with Crippen LogP contribution in [0, 0.1) is 5.82 Å². The Morgan fingerprint density at radius 1 is 1.43 bits per heavy atom. The Morgan fingerprint density at radius 3 is 2.67 bits per heavy atom. The standard InChI is InChI=1S/C14H16FNO5/c1-14(2,3)21-13(19)16-7-11(12(17)18)20-10-6-8(15)4-5-9(10)16/h4-6,11H,7H2,1-3H3,(H,17,18). The molecule has 0 fully saturated rings. The molecule has 1 unspecified atom stereocenters. The summed E-state index contributed by atoms with van der Waals surface area (Å²) in [6, 6.07) is 3.56. The Kier molecular flexibility index (Phi) is 3.76. The maximum atomic E-state index is 13.3. The zero-order valence-electron chi connectivity index (χ0n) is 11.9. The van der Waals surface area contributed by atoms with Gasteiger partial charge in [-0.05, 0) is 32.9 Å². The fourth-order valence-electron chi connectivity index (χ4n) is 1.88. The van der Waals surface area contributed by atoms with Gasteiger partial charge in [0.25, 0.3) is 0 Å². The van der Waals surface area contributed by atoms with Crippen molar-refractivity contribution in [3.05, 3.63) is 24.0 Å². The summed E-state index contributed by atoms with van der Waals surface area (Å²) < 4.78 is 23.7. The van der Waals surface area contributed by atoms with Crippen LogP contribution in [-0.4, -0.2) is 35.4 Å². The van der Waals surface area contributed by atoms with E-state index in [0.29, 0.717) is 0 Å². The number of amides is 1. The van der Waals surface area contributed by atoms with E-state index in [9.17, 15) is 14.0 Å². The van der Waals surface area contributed by atoms with Crippen LogP contribution < -0.4 is 9.64 Å². The van der Waals surface area contributed by atoms with E-state index in [1.54, 1.807) is 20.8 Å². The number of hydrogen-bond acceptors (Lipinski definition) is 4. The molecule has 7 heteroatoms. The summed E-state index contributed by atoms with van der Waals surface area (Å²) in [5.41, 5.74) is -0.447. The molecule has 1 heterocycles. The number of nitrogens with zero attached hydrogens (tertiary/aromatic N) is 1. The average molecular weight is 297 g/mol. The molecule has 1 aromatic carbocycles. The molecule has 0 saturated heterocycles. The number of carboxylic acid groups (broad SMARTS) is 1. The molecular formula is C14H16FNO5. The zero-order valence-corrected chi connectivity index (χ0v) is 11.9. The van der Waals surface area contributed by atoms with E-state index < -0.39 is 29.6 Å². The number of carbonyl (C=O) groups excluding carboxylic acids is 1. The molecule has 1 aliphatic rings. The normalized spacial score (nSPS) is 17.7. The largest absolute Gasteiger partial charge is 0.478 e. The molecule has 0 radical (unpaired) electrons. The van der Waals surface area contributed by atoms with Gasteiger partial charge in [0.05, 0.1) is 12.2 Å². The minimum absolute atomic E-state index is 0.000454. The van der Waals surface area contributed by atoms with Gasteiger partial charge in [-0.25, -0.2) is 14.0 Å². The minimum atomic E-state index is -1.27. The number of hydrogen-bond donors (Lipinski definition) is 1. The van der Waals surface area contributed by atoms with Crippen molar-refractivity contribution >= 4 is 17.7 Å². The van der Waals surface area contributed by atoms with E-state index in [0.717, 1.165) is 11.0 Å². The topological polar surface area (TPSA) is 76.1 Å². The molecule has 1 N–H and O–H groups in total. The highest BCUT2D eigenvalue weighted by molar-refractivity contribution is 5.92. The molecule has 0 spiro atoms. The lowest BCUT2D eigenvalue weighted by Crippen LogP contribution is -2.48. The van der Waals surface area contributed by atoms with Crippen LogP contribution >= 0.6 is 0 Å². The van der Waals surface area contributed by atoms with Crippen molar-refractivity contribution in [3.63, 3.8) is 0 Å². The lowest BCUT2D eigenvalue weighted by Gasteiger charge is -2.34. The van der Waals surface area contributed by atoms with Crippen LogP contribution in [0.4, 0.5) is 14.9 Å². The van der Waals surface area contributed by atoms with Crippen molar-refractivity contribution in [2.45, 2.75) is 32.5 Å². The summed E-state index contributed by atoms with van der Waals surface area (Å²) in [6.07, 6.45) is -1.98. The zero-order chi connectivity index (χ0) is 15.8. The van der Waals surface area contributed by atoms with Gasteiger partial charge in [-0.3, -0.25) is 4.90 Å². The highest BCUT2D eigenvalue weighted by atomic mass is 19.1. The SMILES string of the molecule is CC(C)(C)OC(=O)N1CC(C(=O)O)Oc2cc(F)ccc21. The van der Waals surface area contributed by atoms with Gasteiger partial charge in [0.1, 0.15) is 17.2 Å². The molecular weight excluding hydrogens is 281 g/mol. The van der Waals surface area contributed by atoms with E-state index in [-0.39, 0.29) is 18.0 Å². The van der Waals surface area contributed by atoms with Crippen molar-refractivity contribution in [2.24, 2.45) is 0 Å². The molecule has 1 amide bonds. The van der Waals surface area contributed by atoms with Crippen molar-refractivity contribution in [3.8, 4) is 5.75 Å². The molecule has 0 aliphatic carbocycles. The van der Waals surface area contributed by atoms with Crippen LogP contribution in [0.2, 0.25) is 0 Å². The molecule has 1 aromatic rings. The van der Waals surface area contributed by atoms with Crippen molar-refractivity contribution in [1.82, 2.24) is 0 Å². The maximum absolute atomic E-state index is 13.3. The van der Waals surface area contributed by atoms with Gasteiger partial charge in [0, 0.05) is 6.07 Å². The second-order valence-electron chi connectivity index (χ2n) is 5.65. The maximum Gasteiger partial charge on any atom is 0.415 e. The summed E-state index contributed by atoms with van der Waals surface area (Å²) in [6.45, 7) is 4.89. The van der Waals surface area contributed by atoms with E-state index in [1.807, 2.05) is 0 Å². The molecule has 21 heavy (non-hydrogen) atoms. The Hall–Kier alpha value is -2.31. The van der Waals surface area contributed by atoms with Gasteiger partial charge in [-0.1, -0.05) is 0 Å². The predicted molar refractivity (Wildman–Crippen MR) is 72.0 cm³/mol. The summed E-state index contributed by atoms with van der Waals surface area (Å²) in [4.78, 5) is 24.4. The first-order chi connectivity index (χ1) is 9.67. The van der Waals surface area contributed by atoms with Crippen LogP contribution in [0.5, 0.6) is 5.75 Å². The quantitative estimate of drug-likeness (QED) is 0.861. The highest BCUT2D eigenvalue weighted by Crippen LogP contribution is 2.35. The molecule has 1 atom stereocenters. The van der Waals surface area contributed by atoms with Crippen molar-refractivity contribution in [1.29, 1.82) is 0 Å². The number of carboxylic acids is 1. The Labute approximate surface area is 121 Å². The first kappa shape index (κ1) is 15.1. The van der Waals surface area contributed by atoms with E-state index >= 15 is 0 Å². The summed E-state index contributed by atoms with van der Waals surface area (Å²) in [5.74, 6) is -1.82. The Bertz CT molecular complexity index is 581. The lowest BCUT2D eigenvalue weighted by molar-refractivity contribution is -0.144. The summed E-state index contributed by atoms with van der Waals surface area (Å²) >= 11 is 0. The number of ether oxygens (including phenoxy) is 2. The molecule has 6 nitrogen and oxygen atoms in total. The monoisotopic (exact) mass is 297 g/mol. The first-order valence-corrected chi connectivity index (χ1v) is 6.37. The summed E-state index contributed by atoms with van der Waals surface area (Å²) in [7, 11) is 0. The number of carbonyl (C=O) groups is 2. The third-order valence-electron chi connectivity index (χ3n) is 2.72. The third-order valence-corrected chi connectivity index (χ3v) is 2.72. The number of aliphatic carboxylic acids is 1. The number of anilines is 1. The van der Waals surface area contributed by atoms with Crippen LogP contribution in [0.3, 0.4) is 0 Å². The fraction of sp³-hybridized carbons (Fsp3) is 0.429. The molecule has 1 aliphatic heterocycles. The molecule has 114 valence electrons. The molecule has 2 rings (SSSR count). The minimum Gasteiger partial charge on any atom is -0.478 e. The van der Waals surface area contributed by atoms with Crippen LogP contribution in [0.15, 0.2) is 18.2 Å². The fourth-order valence-corrected chi connectivity index (χ4v) is 1.88. The van der Waals surface area contributed by atoms with Gasteiger partial charge < -0.3 is 14.6 Å². The van der Waals surface area contributed by atoms with Gasteiger partial charge in [-0.2, -0.15) is 0 Å². The lowest BCUT2D eigenvalue weighted by atomic mass is 10.2. The number of rotatable bonds is 1. The number of benzene rings is 1. The average Bonchev–Trinajstić information content (AvgIpc) is 2.34. The first-order valence-electron chi connectivity index (χ1n) is 6.37. The second-order valence-corrected chi connectivity index (χ2v) is 5.65. The van der Waals surface area contributed by atoms with Crippen molar-refractivity contribution in [2.75, 3.05) is 11.4 Å². The van der Waals surface area contributed by atoms with Gasteiger partial charge >= 0.3 is 12.1 Å². The highest BCUT2D eigenvalue weighted by Gasteiger charge is 2.36. The van der Waals surface area contributed by atoms with Crippen LogP contribution in [0.1, 0.15) is 20.8 Å². The summed E-state index contributed by atoms with van der Waals surface area (Å²) in [5, 5.41) is 9.07. The predicted octanol–water partition coefficient (Wildman–Crippen LogP) is 2.41. The van der Waals surface area contributed by atoms with Gasteiger partial charge in [0.15, 0.2) is 0 Å².